The molecule has 0 saturated carbocycles. The molecule has 0 bridgehead atoms. The van der Waals surface area contributed by atoms with Crippen molar-refractivity contribution in [3.63, 3.8) is 0 Å². The Bertz CT molecular complexity index is 1140. The molecule has 0 unspecified atom stereocenters. The summed E-state index contributed by atoms with van der Waals surface area (Å²) in [4.78, 5) is 28.9. The second-order valence-electron chi connectivity index (χ2n) is 9.09. The summed E-state index contributed by atoms with van der Waals surface area (Å²) in [6.07, 6.45) is 1.26. The van der Waals surface area contributed by atoms with E-state index in [4.69, 9.17) is 11.6 Å². The zero-order valence-electron chi connectivity index (χ0n) is 21.2. The quantitative estimate of drug-likeness (QED) is 0.298. The Morgan fingerprint density at radius 2 is 1.67 bits per heavy atom. The van der Waals surface area contributed by atoms with Crippen molar-refractivity contribution in [3.05, 3.63) is 106 Å². The molecule has 3 aromatic rings. The Morgan fingerprint density at radius 1 is 0.972 bits per heavy atom. The SMILES string of the molecule is CC[C@H](C)NC(=O)[C@H](Cc1ccccc1)N(Cc1cccc(Cl)c1)C(=O)CSCc1ccccc1C. The van der Waals surface area contributed by atoms with Gasteiger partial charge in [-0.2, -0.15) is 0 Å². The van der Waals surface area contributed by atoms with Crippen LogP contribution < -0.4 is 5.32 Å². The van der Waals surface area contributed by atoms with Gasteiger partial charge >= 0.3 is 0 Å². The van der Waals surface area contributed by atoms with Gasteiger partial charge in [-0.05, 0) is 54.7 Å². The minimum atomic E-state index is -0.632. The van der Waals surface area contributed by atoms with Crippen molar-refractivity contribution >= 4 is 35.2 Å². The van der Waals surface area contributed by atoms with Gasteiger partial charge < -0.3 is 10.2 Å². The predicted octanol–water partition coefficient (Wildman–Crippen LogP) is 6.44. The van der Waals surface area contributed by atoms with Gasteiger partial charge in [0.1, 0.15) is 6.04 Å². The van der Waals surface area contributed by atoms with E-state index in [1.165, 1.54) is 11.1 Å². The van der Waals surface area contributed by atoms with Gasteiger partial charge in [0.2, 0.25) is 11.8 Å². The summed E-state index contributed by atoms with van der Waals surface area (Å²) in [6.45, 7) is 6.42. The molecule has 2 amide bonds. The molecule has 0 spiro atoms. The fourth-order valence-electron chi connectivity index (χ4n) is 3.93. The third kappa shape index (κ3) is 8.42. The molecule has 0 fully saturated rings. The number of carbonyl (C=O) groups excluding carboxylic acids is 2. The van der Waals surface area contributed by atoms with Crippen LogP contribution in [0, 0.1) is 6.92 Å². The number of nitrogens with one attached hydrogen (secondary N) is 1. The third-order valence-corrected chi connectivity index (χ3v) is 7.46. The normalized spacial score (nSPS) is 12.6. The van der Waals surface area contributed by atoms with Gasteiger partial charge in [-0.25, -0.2) is 0 Å². The van der Waals surface area contributed by atoms with Crippen molar-refractivity contribution in [1.82, 2.24) is 10.2 Å². The van der Waals surface area contributed by atoms with Crippen LogP contribution in [0.2, 0.25) is 5.02 Å². The number of carbonyl (C=O) groups is 2. The number of hydrogen-bond acceptors (Lipinski definition) is 3. The van der Waals surface area contributed by atoms with Gasteiger partial charge in [0.05, 0.1) is 5.75 Å². The summed E-state index contributed by atoms with van der Waals surface area (Å²) < 4.78 is 0. The van der Waals surface area contributed by atoms with Gasteiger partial charge in [0.25, 0.3) is 0 Å². The number of benzene rings is 3. The molecule has 3 rings (SSSR count). The average Bonchev–Trinajstić information content (AvgIpc) is 2.87. The maximum atomic E-state index is 13.7. The number of thioether (sulfide) groups is 1. The van der Waals surface area contributed by atoms with Crippen LogP contribution in [0.4, 0.5) is 0 Å². The number of rotatable bonds is 12. The van der Waals surface area contributed by atoms with Crippen LogP contribution in [0.15, 0.2) is 78.9 Å². The summed E-state index contributed by atoms with van der Waals surface area (Å²) in [6, 6.07) is 25.0. The van der Waals surface area contributed by atoms with Gasteiger partial charge in [-0.1, -0.05) is 85.3 Å². The average molecular weight is 523 g/mol. The highest BCUT2D eigenvalue weighted by molar-refractivity contribution is 7.99. The van der Waals surface area contributed by atoms with Crippen molar-refractivity contribution in [2.24, 2.45) is 0 Å². The smallest absolute Gasteiger partial charge is 0.243 e. The predicted molar refractivity (Wildman–Crippen MR) is 151 cm³/mol. The van der Waals surface area contributed by atoms with Crippen molar-refractivity contribution in [2.45, 2.75) is 58.0 Å². The number of nitrogens with zero attached hydrogens (tertiary/aromatic N) is 1. The highest BCUT2D eigenvalue weighted by Crippen LogP contribution is 2.21. The number of halogens is 1. The molecule has 0 aliphatic heterocycles. The number of hydrogen-bond donors (Lipinski definition) is 1. The second kappa shape index (κ2) is 14.1. The van der Waals surface area contributed by atoms with E-state index in [9.17, 15) is 9.59 Å². The zero-order valence-corrected chi connectivity index (χ0v) is 22.8. The second-order valence-corrected chi connectivity index (χ2v) is 10.5. The number of aryl methyl sites for hydroxylation is 1. The van der Waals surface area contributed by atoms with E-state index in [1.54, 1.807) is 16.7 Å². The maximum Gasteiger partial charge on any atom is 0.243 e. The van der Waals surface area contributed by atoms with Crippen LogP contribution in [0.3, 0.4) is 0 Å². The zero-order chi connectivity index (χ0) is 25.9. The maximum absolute atomic E-state index is 13.7. The molecule has 2 atom stereocenters. The van der Waals surface area contributed by atoms with E-state index in [1.807, 2.05) is 80.6 Å². The molecule has 0 radical (unpaired) electrons. The monoisotopic (exact) mass is 522 g/mol. The Labute approximate surface area is 224 Å². The molecular formula is C30H35ClN2O2S. The minimum Gasteiger partial charge on any atom is -0.352 e. The molecule has 0 aromatic heterocycles. The molecule has 4 nitrogen and oxygen atoms in total. The van der Waals surface area contributed by atoms with Gasteiger partial charge in [0.15, 0.2) is 0 Å². The summed E-state index contributed by atoms with van der Waals surface area (Å²) in [7, 11) is 0. The lowest BCUT2D eigenvalue weighted by Crippen LogP contribution is -2.52. The highest BCUT2D eigenvalue weighted by atomic mass is 35.5. The van der Waals surface area contributed by atoms with Crippen LogP contribution in [-0.2, 0) is 28.3 Å². The first-order valence-corrected chi connectivity index (χ1v) is 13.9. The van der Waals surface area contributed by atoms with Crippen LogP contribution >= 0.6 is 23.4 Å². The first-order chi connectivity index (χ1) is 17.4. The lowest BCUT2D eigenvalue weighted by molar-refractivity contribution is -0.139. The van der Waals surface area contributed by atoms with E-state index >= 15 is 0 Å². The highest BCUT2D eigenvalue weighted by Gasteiger charge is 2.31. The minimum absolute atomic E-state index is 0.0225. The Morgan fingerprint density at radius 3 is 2.36 bits per heavy atom. The van der Waals surface area contributed by atoms with Crippen molar-refractivity contribution in [3.8, 4) is 0 Å². The molecule has 0 aliphatic carbocycles. The van der Waals surface area contributed by atoms with Crippen LogP contribution in [-0.4, -0.2) is 34.6 Å². The Balaban J connectivity index is 1.86. The topological polar surface area (TPSA) is 49.4 Å². The Hall–Kier alpha value is -2.76. The lowest BCUT2D eigenvalue weighted by Gasteiger charge is -2.32. The van der Waals surface area contributed by atoms with Crippen molar-refractivity contribution in [2.75, 3.05) is 5.75 Å². The van der Waals surface area contributed by atoms with Crippen molar-refractivity contribution in [1.29, 1.82) is 0 Å². The first-order valence-electron chi connectivity index (χ1n) is 12.4. The summed E-state index contributed by atoms with van der Waals surface area (Å²) in [5.41, 5.74) is 4.34. The summed E-state index contributed by atoms with van der Waals surface area (Å²) in [5, 5.41) is 3.71. The van der Waals surface area contributed by atoms with Gasteiger partial charge in [-0.3, -0.25) is 9.59 Å². The van der Waals surface area contributed by atoms with E-state index in [-0.39, 0.29) is 23.6 Å². The molecule has 36 heavy (non-hydrogen) atoms. The van der Waals surface area contributed by atoms with E-state index in [0.29, 0.717) is 18.0 Å². The standard InChI is InChI=1S/C30H35ClN2O2S/c1-4-23(3)32-30(35)28(18-24-12-6-5-7-13-24)33(19-25-14-10-16-27(31)17-25)29(34)21-36-20-26-15-9-8-11-22(26)2/h5-17,23,28H,4,18-21H2,1-3H3,(H,32,35)/t23-,28-/m0/s1. The summed E-state index contributed by atoms with van der Waals surface area (Å²) >= 11 is 7.82. The van der Waals surface area contributed by atoms with Crippen LogP contribution in [0.5, 0.6) is 0 Å². The Kier molecular flexibility index (Phi) is 10.9. The summed E-state index contributed by atoms with van der Waals surface area (Å²) in [5.74, 6) is 0.837. The van der Waals surface area contributed by atoms with Crippen LogP contribution in [0.1, 0.15) is 42.5 Å². The lowest BCUT2D eigenvalue weighted by atomic mass is 10.0. The van der Waals surface area contributed by atoms with Gasteiger partial charge in [0, 0.05) is 29.8 Å². The third-order valence-electron chi connectivity index (χ3n) is 6.26. The molecule has 190 valence electrons. The fourth-order valence-corrected chi connectivity index (χ4v) is 5.13. The molecular weight excluding hydrogens is 488 g/mol. The first kappa shape index (κ1) is 27.8. The van der Waals surface area contributed by atoms with Crippen molar-refractivity contribution < 1.29 is 9.59 Å². The van der Waals surface area contributed by atoms with E-state index in [0.717, 1.165) is 23.3 Å². The molecule has 0 saturated heterocycles. The molecule has 6 heteroatoms. The molecule has 0 heterocycles. The fraction of sp³-hybridized carbons (Fsp3) is 0.333. The van der Waals surface area contributed by atoms with Crippen LogP contribution in [0.25, 0.3) is 0 Å². The van der Waals surface area contributed by atoms with Gasteiger partial charge in [-0.15, -0.1) is 11.8 Å². The molecule has 3 aromatic carbocycles. The molecule has 1 N–H and O–H groups in total. The van der Waals surface area contributed by atoms with E-state index < -0.39 is 6.04 Å². The van der Waals surface area contributed by atoms with E-state index in [2.05, 4.69) is 24.4 Å². The largest absolute Gasteiger partial charge is 0.352 e. The molecule has 0 aliphatic rings. The number of amides is 2.